The SMILES string of the molecule is O=C(Nc1nc(-c2cccs2)cs1)[C@H]1CC(=O)N(C2CCCC2)C1. The summed E-state index contributed by atoms with van der Waals surface area (Å²) in [6, 6.07) is 4.35. The van der Waals surface area contributed by atoms with Crippen molar-refractivity contribution in [3.63, 3.8) is 0 Å². The number of nitrogens with one attached hydrogen (secondary N) is 1. The molecule has 4 rings (SSSR count). The number of carbonyl (C=O) groups excluding carboxylic acids is 2. The van der Waals surface area contributed by atoms with Gasteiger partial charge in [0.2, 0.25) is 11.8 Å². The van der Waals surface area contributed by atoms with Crippen LogP contribution in [0, 0.1) is 5.92 Å². The molecule has 3 heterocycles. The van der Waals surface area contributed by atoms with Crippen LogP contribution in [-0.2, 0) is 9.59 Å². The standard InChI is InChI=1S/C17H19N3O2S2/c21-15-8-11(9-20(15)12-4-1-2-5-12)16(22)19-17-18-13(10-24-17)14-6-3-7-23-14/h3,6-7,10-12H,1-2,4-5,8-9H2,(H,18,19,22)/t11-/m0/s1. The smallest absolute Gasteiger partial charge is 0.231 e. The first kappa shape index (κ1) is 15.8. The van der Waals surface area contributed by atoms with E-state index in [0.29, 0.717) is 24.1 Å². The molecule has 2 aromatic heterocycles. The fourth-order valence-electron chi connectivity index (χ4n) is 3.55. The van der Waals surface area contributed by atoms with E-state index < -0.39 is 0 Å². The molecule has 5 nitrogen and oxygen atoms in total. The lowest BCUT2D eigenvalue weighted by Gasteiger charge is -2.23. The Balaban J connectivity index is 1.39. The van der Waals surface area contributed by atoms with E-state index in [0.717, 1.165) is 23.4 Å². The first-order chi connectivity index (χ1) is 11.7. The minimum atomic E-state index is -0.257. The van der Waals surface area contributed by atoms with E-state index in [2.05, 4.69) is 10.3 Å². The Morgan fingerprint density at radius 1 is 1.29 bits per heavy atom. The minimum absolute atomic E-state index is 0.0871. The number of thiophene rings is 1. The van der Waals surface area contributed by atoms with E-state index in [-0.39, 0.29) is 17.7 Å². The van der Waals surface area contributed by atoms with E-state index in [1.165, 1.54) is 24.2 Å². The number of nitrogens with zero attached hydrogens (tertiary/aromatic N) is 2. The Morgan fingerprint density at radius 2 is 2.12 bits per heavy atom. The van der Waals surface area contributed by atoms with Crippen LogP contribution in [0.25, 0.3) is 10.6 Å². The lowest BCUT2D eigenvalue weighted by Crippen LogP contribution is -2.35. The Morgan fingerprint density at radius 3 is 2.88 bits per heavy atom. The maximum atomic E-state index is 12.5. The van der Waals surface area contributed by atoms with E-state index in [1.807, 2.05) is 27.8 Å². The highest BCUT2D eigenvalue weighted by molar-refractivity contribution is 7.16. The van der Waals surface area contributed by atoms with Gasteiger partial charge in [-0.2, -0.15) is 0 Å². The van der Waals surface area contributed by atoms with Crippen molar-refractivity contribution in [2.24, 2.45) is 5.92 Å². The van der Waals surface area contributed by atoms with Crippen molar-refractivity contribution in [2.75, 3.05) is 11.9 Å². The predicted octanol–water partition coefficient (Wildman–Crippen LogP) is 3.60. The van der Waals surface area contributed by atoms with Gasteiger partial charge in [-0.1, -0.05) is 18.9 Å². The quantitative estimate of drug-likeness (QED) is 0.905. The molecule has 0 spiro atoms. The summed E-state index contributed by atoms with van der Waals surface area (Å²) >= 11 is 3.06. The zero-order valence-corrected chi connectivity index (χ0v) is 14.9. The molecule has 2 aliphatic rings. The molecule has 0 aromatic carbocycles. The van der Waals surface area contributed by atoms with Crippen molar-refractivity contribution in [1.82, 2.24) is 9.88 Å². The summed E-state index contributed by atoms with van der Waals surface area (Å²) in [5, 5.41) is 7.46. The third kappa shape index (κ3) is 3.10. The number of carbonyl (C=O) groups is 2. The molecular weight excluding hydrogens is 342 g/mol. The molecule has 1 saturated carbocycles. The molecular formula is C17H19N3O2S2. The summed E-state index contributed by atoms with van der Waals surface area (Å²) < 4.78 is 0. The van der Waals surface area contributed by atoms with Crippen molar-refractivity contribution in [2.45, 2.75) is 38.1 Å². The van der Waals surface area contributed by atoms with Gasteiger partial charge in [-0.25, -0.2) is 4.98 Å². The van der Waals surface area contributed by atoms with Crippen LogP contribution >= 0.6 is 22.7 Å². The summed E-state index contributed by atoms with van der Waals surface area (Å²) in [5.41, 5.74) is 0.889. The van der Waals surface area contributed by atoms with E-state index in [9.17, 15) is 9.59 Å². The fraction of sp³-hybridized carbons (Fsp3) is 0.471. The van der Waals surface area contributed by atoms with Crippen molar-refractivity contribution in [3.8, 4) is 10.6 Å². The Kier molecular flexibility index (Phi) is 4.37. The zero-order valence-electron chi connectivity index (χ0n) is 13.2. The average molecular weight is 361 g/mol. The third-order valence-corrected chi connectivity index (χ3v) is 6.45. The van der Waals surface area contributed by atoms with E-state index in [4.69, 9.17) is 0 Å². The molecule has 2 fully saturated rings. The van der Waals surface area contributed by atoms with Gasteiger partial charge < -0.3 is 10.2 Å². The van der Waals surface area contributed by atoms with Crippen molar-refractivity contribution in [3.05, 3.63) is 22.9 Å². The summed E-state index contributed by atoms with van der Waals surface area (Å²) in [6.07, 6.45) is 4.87. The second-order valence-electron chi connectivity index (χ2n) is 6.39. The van der Waals surface area contributed by atoms with Gasteiger partial charge in [0.15, 0.2) is 5.13 Å². The van der Waals surface area contributed by atoms with Gasteiger partial charge in [0.25, 0.3) is 0 Å². The van der Waals surface area contributed by atoms with Crippen LogP contribution in [0.3, 0.4) is 0 Å². The number of amides is 2. The molecule has 0 unspecified atom stereocenters. The number of thiazole rings is 1. The normalized spacial score (nSPS) is 21.6. The Hall–Kier alpha value is -1.73. The summed E-state index contributed by atoms with van der Waals surface area (Å²) in [5.74, 6) is -0.219. The van der Waals surface area contributed by atoms with Crippen LogP contribution in [0.5, 0.6) is 0 Å². The number of rotatable bonds is 4. The maximum absolute atomic E-state index is 12.5. The first-order valence-electron chi connectivity index (χ1n) is 8.30. The molecule has 1 aliphatic heterocycles. The first-order valence-corrected chi connectivity index (χ1v) is 10.1. The van der Waals surface area contributed by atoms with Crippen molar-refractivity contribution < 1.29 is 9.59 Å². The maximum Gasteiger partial charge on any atom is 0.231 e. The number of anilines is 1. The summed E-state index contributed by atoms with van der Waals surface area (Å²) in [6.45, 7) is 0.554. The predicted molar refractivity (Wildman–Crippen MR) is 96.1 cm³/mol. The van der Waals surface area contributed by atoms with Crippen molar-refractivity contribution >= 4 is 39.6 Å². The van der Waals surface area contributed by atoms with Crippen LogP contribution in [0.1, 0.15) is 32.1 Å². The highest BCUT2D eigenvalue weighted by Crippen LogP contribution is 2.31. The molecule has 1 aliphatic carbocycles. The van der Waals surface area contributed by atoms with Gasteiger partial charge in [-0.15, -0.1) is 22.7 Å². The molecule has 1 saturated heterocycles. The lowest BCUT2D eigenvalue weighted by atomic mass is 10.1. The lowest BCUT2D eigenvalue weighted by molar-refractivity contribution is -0.129. The molecule has 1 N–H and O–H groups in total. The number of hydrogen-bond acceptors (Lipinski definition) is 5. The highest BCUT2D eigenvalue weighted by atomic mass is 32.1. The van der Waals surface area contributed by atoms with Gasteiger partial charge in [0.1, 0.15) is 0 Å². The molecule has 2 aromatic rings. The average Bonchev–Trinajstić information content (AvgIpc) is 3.34. The van der Waals surface area contributed by atoms with E-state index >= 15 is 0 Å². The number of likely N-dealkylation sites (tertiary alicyclic amines) is 1. The van der Waals surface area contributed by atoms with Crippen LogP contribution in [0.15, 0.2) is 22.9 Å². The Labute approximate surface area is 148 Å². The minimum Gasteiger partial charge on any atom is -0.339 e. The largest absolute Gasteiger partial charge is 0.339 e. The molecule has 2 amide bonds. The van der Waals surface area contributed by atoms with Gasteiger partial charge in [0, 0.05) is 24.4 Å². The zero-order chi connectivity index (χ0) is 16.5. The molecule has 1 atom stereocenters. The Bertz CT molecular complexity index is 735. The molecule has 126 valence electrons. The van der Waals surface area contributed by atoms with Crippen LogP contribution in [0.4, 0.5) is 5.13 Å². The monoisotopic (exact) mass is 361 g/mol. The second kappa shape index (κ2) is 6.64. The molecule has 24 heavy (non-hydrogen) atoms. The van der Waals surface area contributed by atoms with Gasteiger partial charge >= 0.3 is 0 Å². The van der Waals surface area contributed by atoms with Crippen LogP contribution in [-0.4, -0.2) is 34.3 Å². The van der Waals surface area contributed by atoms with E-state index in [1.54, 1.807) is 11.3 Å². The number of aromatic nitrogens is 1. The molecule has 0 bridgehead atoms. The summed E-state index contributed by atoms with van der Waals surface area (Å²) in [7, 11) is 0. The fourth-order valence-corrected chi connectivity index (χ4v) is 5.03. The molecule has 7 heteroatoms. The summed E-state index contributed by atoms with van der Waals surface area (Å²) in [4.78, 5) is 32.2. The third-order valence-electron chi connectivity index (χ3n) is 4.80. The van der Waals surface area contributed by atoms with Crippen LogP contribution < -0.4 is 5.32 Å². The van der Waals surface area contributed by atoms with Gasteiger partial charge in [-0.05, 0) is 24.3 Å². The second-order valence-corrected chi connectivity index (χ2v) is 8.20. The van der Waals surface area contributed by atoms with Gasteiger partial charge in [-0.3, -0.25) is 9.59 Å². The highest BCUT2D eigenvalue weighted by Gasteiger charge is 2.38. The van der Waals surface area contributed by atoms with Gasteiger partial charge in [0.05, 0.1) is 16.5 Å². The van der Waals surface area contributed by atoms with Crippen LogP contribution in [0.2, 0.25) is 0 Å². The molecule has 0 radical (unpaired) electrons. The van der Waals surface area contributed by atoms with Crippen molar-refractivity contribution in [1.29, 1.82) is 0 Å². The number of hydrogen-bond donors (Lipinski definition) is 1. The topological polar surface area (TPSA) is 62.3 Å².